The number of rotatable bonds is 3. The van der Waals surface area contributed by atoms with Gasteiger partial charge in [0, 0.05) is 24.3 Å². The molecule has 0 aliphatic carbocycles. The van der Waals surface area contributed by atoms with Gasteiger partial charge in [0.2, 0.25) is 0 Å². The molecule has 1 heterocycles. The molecule has 0 fully saturated rings. The Hall–Kier alpha value is -0.250. The van der Waals surface area contributed by atoms with Gasteiger partial charge in [0.1, 0.15) is 0 Å². The van der Waals surface area contributed by atoms with E-state index in [4.69, 9.17) is 5.73 Å². The number of aromatic nitrogens is 2. The summed E-state index contributed by atoms with van der Waals surface area (Å²) in [5.41, 5.74) is 6.94. The average Bonchev–Trinajstić information content (AvgIpc) is 2.50. The van der Waals surface area contributed by atoms with E-state index in [9.17, 15) is 0 Å². The van der Waals surface area contributed by atoms with Gasteiger partial charge in [-0.25, -0.2) is 0 Å². The summed E-state index contributed by atoms with van der Waals surface area (Å²) < 4.78 is 1.89. The summed E-state index contributed by atoms with van der Waals surface area (Å²) in [7, 11) is 0. The molecule has 1 aromatic rings. The topological polar surface area (TPSA) is 43.8 Å². The number of hydrogen-bond acceptors (Lipinski definition) is 2. The average molecular weight is 226 g/mol. The third-order valence-electron chi connectivity index (χ3n) is 1.85. The first-order valence-electron chi connectivity index (χ1n) is 4.05. The van der Waals surface area contributed by atoms with Gasteiger partial charge in [-0.05, 0) is 13.3 Å². The lowest BCUT2D eigenvalue weighted by Gasteiger charge is -2.03. The molecule has 78 valence electrons. The van der Waals surface area contributed by atoms with Crippen LogP contribution in [0.2, 0.25) is 0 Å². The number of nitrogens with zero attached hydrogens (tertiary/aromatic N) is 2. The molecule has 1 atom stereocenters. The highest BCUT2D eigenvalue weighted by Crippen LogP contribution is 2.11. The van der Waals surface area contributed by atoms with Crippen molar-refractivity contribution in [3.05, 3.63) is 18.0 Å². The van der Waals surface area contributed by atoms with Crippen LogP contribution in [0.15, 0.2) is 12.4 Å². The Morgan fingerprint density at radius 3 is 2.46 bits per heavy atom. The molecule has 0 saturated carbocycles. The number of aryl methyl sites for hydroxylation is 1. The highest BCUT2D eigenvalue weighted by Gasteiger charge is 2.04. The van der Waals surface area contributed by atoms with Crippen LogP contribution in [-0.4, -0.2) is 9.78 Å². The van der Waals surface area contributed by atoms with Crippen LogP contribution < -0.4 is 5.73 Å². The Morgan fingerprint density at radius 2 is 2.08 bits per heavy atom. The molecule has 1 rings (SSSR count). The number of nitrogens with two attached hydrogens (primary N) is 1. The molecule has 0 spiro atoms. The van der Waals surface area contributed by atoms with E-state index in [0.29, 0.717) is 0 Å². The first-order valence-corrected chi connectivity index (χ1v) is 4.05. The maximum atomic E-state index is 5.81. The molecular formula is C8H17Cl2N3. The predicted molar refractivity (Wildman–Crippen MR) is 59.6 cm³/mol. The molecule has 1 unspecified atom stereocenters. The van der Waals surface area contributed by atoms with E-state index >= 15 is 0 Å². The van der Waals surface area contributed by atoms with Crippen molar-refractivity contribution in [1.29, 1.82) is 0 Å². The largest absolute Gasteiger partial charge is 0.324 e. The summed E-state index contributed by atoms with van der Waals surface area (Å²) >= 11 is 0. The molecule has 2 N–H and O–H groups in total. The standard InChI is InChI=1S/C8H15N3.2ClH/c1-3-8(9)7-5-10-11(4-2)6-7;;/h5-6,8H,3-4,9H2,1-2H3;2*1H. The van der Waals surface area contributed by atoms with Gasteiger partial charge in [0.25, 0.3) is 0 Å². The van der Waals surface area contributed by atoms with Gasteiger partial charge >= 0.3 is 0 Å². The molecule has 5 heteroatoms. The maximum Gasteiger partial charge on any atom is 0.0537 e. The van der Waals surface area contributed by atoms with Crippen molar-refractivity contribution >= 4 is 24.8 Å². The smallest absolute Gasteiger partial charge is 0.0537 e. The monoisotopic (exact) mass is 225 g/mol. The molecule has 3 nitrogen and oxygen atoms in total. The molecule has 0 radical (unpaired) electrons. The van der Waals surface area contributed by atoms with Crippen LogP contribution >= 0.6 is 24.8 Å². The highest BCUT2D eigenvalue weighted by atomic mass is 35.5. The second-order valence-corrected chi connectivity index (χ2v) is 2.64. The predicted octanol–water partition coefficient (Wildman–Crippen LogP) is 2.16. The fraction of sp³-hybridized carbons (Fsp3) is 0.625. The van der Waals surface area contributed by atoms with Crippen molar-refractivity contribution in [3.63, 3.8) is 0 Å². The van der Waals surface area contributed by atoms with Crippen molar-refractivity contribution in [1.82, 2.24) is 9.78 Å². The summed E-state index contributed by atoms with van der Waals surface area (Å²) in [6, 6.07) is 0.148. The fourth-order valence-corrected chi connectivity index (χ4v) is 0.980. The zero-order chi connectivity index (χ0) is 8.27. The van der Waals surface area contributed by atoms with Gasteiger partial charge in [-0.3, -0.25) is 4.68 Å². The molecule has 0 bridgehead atoms. The summed E-state index contributed by atoms with van der Waals surface area (Å²) in [5.74, 6) is 0. The van der Waals surface area contributed by atoms with Crippen molar-refractivity contribution < 1.29 is 0 Å². The minimum Gasteiger partial charge on any atom is -0.324 e. The highest BCUT2D eigenvalue weighted by molar-refractivity contribution is 5.85. The van der Waals surface area contributed by atoms with Crippen molar-refractivity contribution in [2.45, 2.75) is 32.9 Å². The molecular weight excluding hydrogens is 209 g/mol. The van der Waals surface area contributed by atoms with Gasteiger partial charge in [0.05, 0.1) is 6.20 Å². The zero-order valence-electron chi connectivity index (χ0n) is 7.93. The lowest BCUT2D eigenvalue weighted by atomic mass is 10.1. The molecule has 0 amide bonds. The van der Waals surface area contributed by atoms with Crippen molar-refractivity contribution in [2.24, 2.45) is 5.73 Å². The van der Waals surface area contributed by atoms with Gasteiger partial charge < -0.3 is 5.73 Å². The van der Waals surface area contributed by atoms with Gasteiger partial charge in [-0.15, -0.1) is 24.8 Å². The molecule has 1 aromatic heterocycles. The van der Waals surface area contributed by atoms with E-state index in [1.807, 2.05) is 17.1 Å². The van der Waals surface area contributed by atoms with E-state index < -0.39 is 0 Å². The number of hydrogen-bond donors (Lipinski definition) is 1. The van der Waals surface area contributed by atoms with E-state index in [2.05, 4.69) is 18.9 Å². The van der Waals surface area contributed by atoms with Crippen LogP contribution in [0.3, 0.4) is 0 Å². The Morgan fingerprint density at radius 1 is 1.46 bits per heavy atom. The normalized spacial score (nSPS) is 11.3. The minimum absolute atomic E-state index is 0. The van der Waals surface area contributed by atoms with Crippen LogP contribution in [0, 0.1) is 0 Å². The maximum absolute atomic E-state index is 5.81. The van der Waals surface area contributed by atoms with Crippen molar-refractivity contribution in [2.75, 3.05) is 0 Å². The van der Waals surface area contributed by atoms with Gasteiger partial charge in [-0.2, -0.15) is 5.10 Å². The third-order valence-corrected chi connectivity index (χ3v) is 1.85. The molecule has 0 aliphatic heterocycles. The Kier molecular flexibility index (Phi) is 8.42. The van der Waals surface area contributed by atoms with E-state index in [1.54, 1.807) is 0 Å². The van der Waals surface area contributed by atoms with Crippen LogP contribution in [0.1, 0.15) is 31.9 Å². The first kappa shape index (κ1) is 15.2. The Balaban J connectivity index is 0. The lowest BCUT2D eigenvalue weighted by Crippen LogP contribution is -2.07. The lowest BCUT2D eigenvalue weighted by molar-refractivity contribution is 0.654. The van der Waals surface area contributed by atoms with Crippen LogP contribution in [0.5, 0.6) is 0 Å². The minimum atomic E-state index is 0. The second-order valence-electron chi connectivity index (χ2n) is 2.64. The van der Waals surface area contributed by atoms with E-state index in [-0.39, 0.29) is 30.9 Å². The van der Waals surface area contributed by atoms with Gasteiger partial charge in [0.15, 0.2) is 0 Å². The molecule has 13 heavy (non-hydrogen) atoms. The summed E-state index contributed by atoms with van der Waals surface area (Å²) in [4.78, 5) is 0. The van der Waals surface area contributed by atoms with Crippen molar-refractivity contribution in [3.8, 4) is 0 Å². The second kappa shape index (κ2) is 7.18. The summed E-state index contributed by atoms with van der Waals surface area (Å²) in [6.45, 7) is 5.05. The SMILES string of the molecule is CCC(N)c1cnn(CC)c1.Cl.Cl. The summed E-state index contributed by atoms with van der Waals surface area (Å²) in [5, 5.41) is 4.14. The Bertz CT molecular complexity index is 225. The quantitative estimate of drug-likeness (QED) is 0.858. The van der Waals surface area contributed by atoms with E-state index in [0.717, 1.165) is 18.5 Å². The van der Waals surface area contributed by atoms with Crippen LogP contribution in [0.25, 0.3) is 0 Å². The molecule has 0 saturated heterocycles. The first-order chi connectivity index (χ1) is 5.27. The summed E-state index contributed by atoms with van der Waals surface area (Å²) in [6.07, 6.45) is 4.82. The van der Waals surface area contributed by atoms with Crippen LogP contribution in [-0.2, 0) is 6.54 Å². The number of halogens is 2. The zero-order valence-corrected chi connectivity index (χ0v) is 9.57. The Labute approximate surface area is 91.5 Å². The van der Waals surface area contributed by atoms with Crippen LogP contribution in [0.4, 0.5) is 0 Å². The molecule has 0 aromatic carbocycles. The van der Waals surface area contributed by atoms with E-state index in [1.165, 1.54) is 0 Å². The third kappa shape index (κ3) is 3.98. The van der Waals surface area contributed by atoms with Gasteiger partial charge in [-0.1, -0.05) is 6.92 Å². The fourth-order valence-electron chi connectivity index (χ4n) is 0.980. The molecule has 0 aliphatic rings.